The standard InChI is InChI=1S/C12H21NO4/c1-5-6-7-8-17-11(16)13-9(10(14)15)12(2,3)4/h5,9H,1,6-8H2,2-4H3,(H,13,16)(H,14,15)/t9-/m1/s1. The van der Waals surface area contributed by atoms with Crippen molar-refractivity contribution in [3.05, 3.63) is 12.7 Å². The molecule has 98 valence electrons. The van der Waals surface area contributed by atoms with Crippen LogP contribution in [0.1, 0.15) is 33.6 Å². The summed E-state index contributed by atoms with van der Waals surface area (Å²) in [6, 6.07) is -0.964. The van der Waals surface area contributed by atoms with E-state index in [-0.39, 0.29) is 6.61 Å². The minimum absolute atomic E-state index is 0.258. The maximum atomic E-state index is 11.3. The summed E-state index contributed by atoms with van der Waals surface area (Å²) < 4.78 is 4.86. The molecule has 0 saturated carbocycles. The predicted octanol–water partition coefficient (Wildman–Crippen LogP) is 2.18. The van der Waals surface area contributed by atoms with Crippen molar-refractivity contribution in [1.29, 1.82) is 0 Å². The van der Waals surface area contributed by atoms with E-state index in [9.17, 15) is 9.59 Å². The highest BCUT2D eigenvalue weighted by molar-refractivity contribution is 5.80. The van der Waals surface area contributed by atoms with Crippen molar-refractivity contribution in [3.8, 4) is 0 Å². The van der Waals surface area contributed by atoms with Crippen molar-refractivity contribution in [1.82, 2.24) is 5.32 Å². The molecule has 0 bridgehead atoms. The topological polar surface area (TPSA) is 75.6 Å². The van der Waals surface area contributed by atoms with Crippen molar-refractivity contribution in [3.63, 3.8) is 0 Å². The van der Waals surface area contributed by atoms with Crippen molar-refractivity contribution in [2.45, 2.75) is 39.7 Å². The second kappa shape index (κ2) is 6.93. The second-order valence-corrected chi connectivity index (χ2v) is 4.85. The highest BCUT2D eigenvalue weighted by Gasteiger charge is 2.32. The van der Waals surface area contributed by atoms with Gasteiger partial charge in [0.05, 0.1) is 6.61 Å². The highest BCUT2D eigenvalue weighted by atomic mass is 16.5. The van der Waals surface area contributed by atoms with Crippen molar-refractivity contribution >= 4 is 12.1 Å². The lowest BCUT2D eigenvalue weighted by Crippen LogP contribution is -2.49. The molecule has 5 heteroatoms. The monoisotopic (exact) mass is 243 g/mol. The first-order valence-electron chi connectivity index (χ1n) is 5.56. The molecule has 1 atom stereocenters. The molecule has 0 unspecified atom stereocenters. The SMILES string of the molecule is C=CCCCOC(=O)N[C@H](C(=O)O)C(C)(C)C. The fourth-order valence-corrected chi connectivity index (χ4v) is 1.20. The van der Waals surface area contributed by atoms with Gasteiger partial charge < -0.3 is 15.2 Å². The number of unbranched alkanes of at least 4 members (excludes halogenated alkanes) is 1. The Hall–Kier alpha value is -1.52. The van der Waals surface area contributed by atoms with Crippen LogP contribution in [0.25, 0.3) is 0 Å². The van der Waals surface area contributed by atoms with Gasteiger partial charge >= 0.3 is 12.1 Å². The van der Waals surface area contributed by atoms with E-state index in [4.69, 9.17) is 9.84 Å². The summed E-state index contributed by atoms with van der Waals surface area (Å²) in [7, 11) is 0. The van der Waals surface area contributed by atoms with E-state index in [0.717, 1.165) is 6.42 Å². The van der Waals surface area contributed by atoms with Gasteiger partial charge in [-0.25, -0.2) is 9.59 Å². The first kappa shape index (κ1) is 15.5. The number of ether oxygens (including phenoxy) is 1. The van der Waals surface area contributed by atoms with Gasteiger partial charge in [0, 0.05) is 0 Å². The van der Waals surface area contributed by atoms with Crippen LogP contribution in [0.3, 0.4) is 0 Å². The largest absolute Gasteiger partial charge is 0.480 e. The molecule has 0 aliphatic heterocycles. The van der Waals surface area contributed by atoms with Crippen LogP contribution < -0.4 is 5.32 Å². The van der Waals surface area contributed by atoms with Gasteiger partial charge in [-0.2, -0.15) is 0 Å². The zero-order valence-corrected chi connectivity index (χ0v) is 10.7. The number of alkyl carbamates (subject to hydrolysis) is 1. The zero-order chi connectivity index (χ0) is 13.5. The van der Waals surface area contributed by atoms with Crippen LogP contribution in [0.15, 0.2) is 12.7 Å². The van der Waals surface area contributed by atoms with Gasteiger partial charge in [-0.05, 0) is 18.3 Å². The number of carbonyl (C=O) groups is 2. The first-order valence-corrected chi connectivity index (χ1v) is 5.56. The molecule has 0 saturated heterocycles. The van der Waals surface area contributed by atoms with Crippen molar-refractivity contribution in [2.24, 2.45) is 5.41 Å². The fourth-order valence-electron chi connectivity index (χ4n) is 1.20. The normalized spacial score (nSPS) is 12.6. The van der Waals surface area contributed by atoms with Gasteiger partial charge in [-0.15, -0.1) is 6.58 Å². The fraction of sp³-hybridized carbons (Fsp3) is 0.667. The molecular weight excluding hydrogens is 222 g/mol. The average molecular weight is 243 g/mol. The number of carbonyl (C=O) groups excluding carboxylic acids is 1. The Morgan fingerprint density at radius 2 is 2.06 bits per heavy atom. The van der Waals surface area contributed by atoms with Crippen molar-refractivity contribution in [2.75, 3.05) is 6.61 Å². The molecular formula is C12H21NO4. The molecule has 0 aliphatic carbocycles. The minimum Gasteiger partial charge on any atom is -0.480 e. The lowest BCUT2D eigenvalue weighted by Gasteiger charge is -2.27. The summed E-state index contributed by atoms with van der Waals surface area (Å²) >= 11 is 0. The van der Waals surface area contributed by atoms with Crippen LogP contribution in [0.4, 0.5) is 4.79 Å². The number of allylic oxidation sites excluding steroid dienone is 1. The van der Waals surface area contributed by atoms with Crippen LogP contribution in [0.5, 0.6) is 0 Å². The number of amides is 1. The Bertz CT molecular complexity index is 281. The maximum Gasteiger partial charge on any atom is 0.407 e. The molecule has 1 amide bonds. The quantitative estimate of drug-likeness (QED) is 0.554. The molecule has 0 aromatic rings. The van der Waals surface area contributed by atoms with Crippen LogP contribution >= 0.6 is 0 Å². The molecule has 0 heterocycles. The molecule has 0 aromatic heterocycles. The number of carboxylic acids is 1. The number of nitrogens with one attached hydrogen (secondary N) is 1. The molecule has 2 N–H and O–H groups in total. The second-order valence-electron chi connectivity index (χ2n) is 4.85. The van der Waals surface area contributed by atoms with Gasteiger partial charge in [0.25, 0.3) is 0 Å². The van der Waals surface area contributed by atoms with Crippen molar-refractivity contribution < 1.29 is 19.4 Å². The lowest BCUT2D eigenvalue weighted by molar-refractivity contribution is -0.142. The van der Waals surface area contributed by atoms with Crippen LogP contribution in [-0.4, -0.2) is 29.8 Å². The van der Waals surface area contributed by atoms with Crippen LogP contribution in [0.2, 0.25) is 0 Å². The maximum absolute atomic E-state index is 11.3. The molecule has 17 heavy (non-hydrogen) atoms. The van der Waals surface area contributed by atoms with Gasteiger partial charge in [0.1, 0.15) is 6.04 Å². The van der Waals surface area contributed by atoms with E-state index in [1.54, 1.807) is 26.8 Å². The Labute approximate surface area is 102 Å². The molecule has 0 radical (unpaired) electrons. The molecule has 0 aliphatic rings. The number of hydrogen-bond donors (Lipinski definition) is 2. The molecule has 0 spiro atoms. The Balaban J connectivity index is 4.15. The number of aliphatic carboxylic acids is 1. The summed E-state index contributed by atoms with van der Waals surface area (Å²) in [6.45, 7) is 9.03. The number of carboxylic acid groups (broad SMARTS) is 1. The van der Waals surface area contributed by atoms with E-state index in [0.29, 0.717) is 6.42 Å². The van der Waals surface area contributed by atoms with Gasteiger partial charge in [0.15, 0.2) is 0 Å². The van der Waals surface area contributed by atoms with Gasteiger partial charge in [-0.1, -0.05) is 26.8 Å². The Morgan fingerprint density at radius 3 is 2.47 bits per heavy atom. The Kier molecular flexibility index (Phi) is 6.31. The predicted molar refractivity (Wildman–Crippen MR) is 64.8 cm³/mol. The summed E-state index contributed by atoms with van der Waals surface area (Å²) in [6.07, 6.45) is 2.48. The third-order valence-electron chi connectivity index (χ3n) is 2.16. The highest BCUT2D eigenvalue weighted by Crippen LogP contribution is 2.19. The summed E-state index contributed by atoms with van der Waals surface area (Å²) in [5.41, 5.74) is -0.564. The molecule has 0 aromatic carbocycles. The average Bonchev–Trinajstić information content (AvgIpc) is 2.19. The molecule has 0 rings (SSSR count). The number of hydrogen-bond acceptors (Lipinski definition) is 3. The van der Waals surface area contributed by atoms with E-state index < -0.39 is 23.5 Å². The van der Waals surface area contributed by atoms with E-state index >= 15 is 0 Å². The van der Waals surface area contributed by atoms with E-state index in [1.165, 1.54) is 0 Å². The third-order valence-corrected chi connectivity index (χ3v) is 2.16. The number of rotatable bonds is 6. The summed E-state index contributed by atoms with van der Waals surface area (Å²) in [4.78, 5) is 22.3. The van der Waals surface area contributed by atoms with Gasteiger partial charge in [-0.3, -0.25) is 0 Å². The zero-order valence-electron chi connectivity index (χ0n) is 10.7. The third kappa shape index (κ3) is 6.60. The van der Waals surface area contributed by atoms with Crippen LogP contribution in [-0.2, 0) is 9.53 Å². The molecule has 5 nitrogen and oxygen atoms in total. The van der Waals surface area contributed by atoms with E-state index in [2.05, 4.69) is 11.9 Å². The smallest absolute Gasteiger partial charge is 0.407 e. The Morgan fingerprint density at radius 1 is 1.47 bits per heavy atom. The lowest BCUT2D eigenvalue weighted by atomic mass is 9.87. The van der Waals surface area contributed by atoms with Gasteiger partial charge in [0.2, 0.25) is 0 Å². The summed E-state index contributed by atoms with van der Waals surface area (Å²) in [5.74, 6) is -1.07. The summed E-state index contributed by atoms with van der Waals surface area (Å²) in [5, 5.41) is 11.3. The van der Waals surface area contributed by atoms with E-state index in [1.807, 2.05) is 0 Å². The minimum atomic E-state index is -1.07. The van der Waals surface area contributed by atoms with Crippen LogP contribution in [0, 0.1) is 5.41 Å². The first-order chi connectivity index (χ1) is 7.79. The molecule has 0 fully saturated rings.